The van der Waals surface area contributed by atoms with Crippen molar-refractivity contribution in [1.82, 2.24) is 0 Å². The van der Waals surface area contributed by atoms with E-state index in [2.05, 4.69) is 0 Å². The highest BCUT2D eigenvalue weighted by Crippen LogP contribution is 2.09. The van der Waals surface area contributed by atoms with E-state index in [0.717, 1.165) is 44.1 Å². The molecule has 6 heteroatoms. The molecule has 0 N–H and O–H groups in total. The van der Waals surface area contributed by atoms with Crippen LogP contribution < -0.4 is 0 Å². The van der Waals surface area contributed by atoms with Crippen LogP contribution in [-0.2, 0) is 19.3 Å². The zero-order valence-corrected chi connectivity index (χ0v) is 15.8. The summed E-state index contributed by atoms with van der Waals surface area (Å²) in [6.07, 6.45) is 9.64. The van der Waals surface area contributed by atoms with Gasteiger partial charge in [0.05, 0.1) is 18.8 Å². The summed E-state index contributed by atoms with van der Waals surface area (Å²) in [5.74, 6) is -0.855. The molecule has 0 saturated carbocycles. The second-order valence-electron chi connectivity index (χ2n) is 5.85. The number of rotatable bonds is 14. The lowest BCUT2D eigenvalue weighted by Crippen LogP contribution is -2.06. The summed E-state index contributed by atoms with van der Waals surface area (Å²) < 4.78 is 4.95. The van der Waals surface area contributed by atoms with Crippen molar-refractivity contribution in [2.75, 3.05) is 13.2 Å². The highest BCUT2D eigenvalue weighted by Gasteiger charge is 2.06. The zero-order chi connectivity index (χ0) is 18.9. The number of esters is 1. The largest absolute Gasteiger partial charge is 0.463 e. The molecular weight excluding hydrogens is 356 g/mol. The lowest BCUT2D eigenvalue weighted by atomic mass is 10.1. The van der Waals surface area contributed by atoms with Crippen molar-refractivity contribution in [2.45, 2.75) is 51.4 Å². The Hall–Kier alpha value is -1.85. The molecule has 144 valence electrons. The summed E-state index contributed by atoms with van der Waals surface area (Å²) >= 11 is 5.28. The van der Waals surface area contributed by atoms with Gasteiger partial charge in [-0.3, -0.25) is 4.89 Å². The summed E-state index contributed by atoms with van der Waals surface area (Å²) in [7, 11) is 0. The number of carbonyl (C=O) groups is 2. The van der Waals surface area contributed by atoms with E-state index in [1.807, 2.05) is 6.07 Å². The molecule has 0 amide bonds. The Morgan fingerprint density at radius 3 is 2.04 bits per heavy atom. The Morgan fingerprint density at radius 2 is 1.42 bits per heavy atom. The Kier molecular flexibility index (Phi) is 13.2. The number of carbonyl (C=O) groups excluding carboxylic acids is 2. The summed E-state index contributed by atoms with van der Waals surface area (Å²) in [5, 5.41) is 0. The van der Waals surface area contributed by atoms with Crippen LogP contribution in [-0.4, -0.2) is 25.2 Å². The summed E-state index contributed by atoms with van der Waals surface area (Å²) in [4.78, 5) is 32.3. The molecule has 0 fully saturated rings. The molecule has 0 radical (unpaired) electrons. The normalized spacial score (nSPS) is 10.8. The Bertz CT molecular complexity index is 530. The minimum absolute atomic E-state index is 0.392. The van der Waals surface area contributed by atoms with Gasteiger partial charge in [-0.15, -0.1) is 0 Å². The first-order chi connectivity index (χ1) is 12.7. The van der Waals surface area contributed by atoms with Gasteiger partial charge in [0.1, 0.15) is 0 Å². The van der Waals surface area contributed by atoms with Crippen molar-refractivity contribution in [3.63, 3.8) is 0 Å². The third kappa shape index (κ3) is 11.7. The molecule has 0 bridgehead atoms. The van der Waals surface area contributed by atoms with Crippen LogP contribution >= 0.6 is 11.6 Å². The molecule has 0 saturated heterocycles. The van der Waals surface area contributed by atoms with E-state index in [9.17, 15) is 9.59 Å². The number of ether oxygens (including phenoxy) is 1. The molecule has 26 heavy (non-hydrogen) atoms. The third-order valence-corrected chi connectivity index (χ3v) is 3.84. The maximum atomic E-state index is 11.6. The molecule has 0 aliphatic heterocycles. The van der Waals surface area contributed by atoms with Crippen LogP contribution in [0.2, 0.25) is 0 Å². The van der Waals surface area contributed by atoms with Crippen molar-refractivity contribution in [3.05, 3.63) is 47.5 Å². The highest BCUT2D eigenvalue weighted by atomic mass is 35.5. The quantitative estimate of drug-likeness (QED) is 0.146. The van der Waals surface area contributed by atoms with Crippen LogP contribution in [0.4, 0.5) is 0 Å². The average molecular weight is 383 g/mol. The molecule has 1 aromatic rings. The van der Waals surface area contributed by atoms with Gasteiger partial charge in [0.15, 0.2) is 0 Å². The fourth-order valence-electron chi connectivity index (χ4n) is 2.31. The predicted molar refractivity (Wildman–Crippen MR) is 101 cm³/mol. The SMILES string of the molecule is O=C(C=CCl)OCCCCCCCCCCOOC(=O)c1ccccc1. The van der Waals surface area contributed by atoms with E-state index >= 15 is 0 Å². The van der Waals surface area contributed by atoms with E-state index in [4.69, 9.17) is 26.1 Å². The van der Waals surface area contributed by atoms with Crippen LogP contribution in [0, 0.1) is 0 Å². The molecule has 0 spiro atoms. The summed E-state index contributed by atoms with van der Waals surface area (Å²) in [5.41, 5.74) is 1.64. The van der Waals surface area contributed by atoms with E-state index < -0.39 is 11.9 Å². The van der Waals surface area contributed by atoms with E-state index in [-0.39, 0.29) is 0 Å². The highest BCUT2D eigenvalue weighted by molar-refractivity contribution is 6.26. The van der Waals surface area contributed by atoms with Gasteiger partial charge in [-0.2, -0.15) is 4.89 Å². The van der Waals surface area contributed by atoms with Crippen molar-refractivity contribution >= 4 is 23.5 Å². The molecule has 0 unspecified atom stereocenters. The molecule has 0 atom stereocenters. The maximum absolute atomic E-state index is 11.6. The van der Waals surface area contributed by atoms with Crippen LogP contribution in [0.3, 0.4) is 0 Å². The van der Waals surface area contributed by atoms with Gasteiger partial charge in [0, 0.05) is 11.6 Å². The minimum atomic E-state index is -0.463. The van der Waals surface area contributed by atoms with Gasteiger partial charge in [-0.1, -0.05) is 68.3 Å². The first kappa shape index (κ1) is 22.2. The monoisotopic (exact) mass is 382 g/mol. The summed E-state index contributed by atoms with van der Waals surface area (Å²) in [6, 6.07) is 8.77. The van der Waals surface area contributed by atoms with E-state index in [1.54, 1.807) is 24.3 Å². The number of benzene rings is 1. The smallest absolute Gasteiger partial charge is 0.373 e. The first-order valence-electron chi connectivity index (χ1n) is 9.06. The molecular formula is C20H27ClO5. The number of hydrogen-bond acceptors (Lipinski definition) is 5. The maximum Gasteiger partial charge on any atom is 0.373 e. The molecule has 0 aliphatic carbocycles. The van der Waals surface area contributed by atoms with Crippen LogP contribution in [0.5, 0.6) is 0 Å². The minimum Gasteiger partial charge on any atom is -0.463 e. The van der Waals surface area contributed by atoms with Gasteiger partial charge < -0.3 is 4.74 Å². The lowest BCUT2D eigenvalue weighted by molar-refractivity contribution is -0.241. The number of halogens is 1. The topological polar surface area (TPSA) is 61.8 Å². The first-order valence-corrected chi connectivity index (χ1v) is 9.50. The number of hydrogen-bond donors (Lipinski definition) is 0. The Balaban J connectivity index is 1.82. The Morgan fingerprint density at radius 1 is 0.846 bits per heavy atom. The fraction of sp³-hybridized carbons (Fsp3) is 0.500. The van der Waals surface area contributed by atoms with Crippen molar-refractivity contribution in [3.8, 4) is 0 Å². The predicted octanol–water partition coefficient (Wildman–Crippen LogP) is 5.19. The van der Waals surface area contributed by atoms with Crippen molar-refractivity contribution in [2.24, 2.45) is 0 Å². The van der Waals surface area contributed by atoms with Crippen LogP contribution in [0.15, 0.2) is 41.9 Å². The van der Waals surface area contributed by atoms with Gasteiger partial charge in [-0.25, -0.2) is 9.59 Å². The third-order valence-electron chi connectivity index (χ3n) is 3.71. The van der Waals surface area contributed by atoms with Gasteiger partial charge in [-0.05, 0) is 25.0 Å². The zero-order valence-electron chi connectivity index (χ0n) is 15.0. The van der Waals surface area contributed by atoms with E-state index in [0.29, 0.717) is 18.8 Å². The second-order valence-corrected chi connectivity index (χ2v) is 6.10. The molecule has 0 aromatic heterocycles. The number of unbranched alkanes of at least 4 members (excludes halogenated alkanes) is 7. The van der Waals surface area contributed by atoms with Crippen molar-refractivity contribution < 1.29 is 24.1 Å². The van der Waals surface area contributed by atoms with Gasteiger partial charge in [0.2, 0.25) is 0 Å². The summed E-state index contributed by atoms with van der Waals surface area (Å²) in [6.45, 7) is 0.861. The molecule has 1 rings (SSSR count). The second kappa shape index (κ2) is 15.4. The molecule has 0 aliphatic rings. The van der Waals surface area contributed by atoms with Crippen LogP contribution in [0.1, 0.15) is 61.7 Å². The molecule has 1 aromatic carbocycles. The van der Waals surface area contributed by atoms with Crippen LogP contribution in [0.25, 0.3) is 0 Å². The standard InChI is InChI=1S/C20H27ClO5/c21-15-14-19(22)24-16-10-5-3-1-2-4-6-11-17-25-26-20(23)18-12-8-7-9-13-18/h7-9,12-15H,1-6,10-11,16-17H2. The van der Waals surface area contributed by atoms with Crippen molar-refractivity contribution in [1.29, 1.82) is 0 Å². The average Bonchev–Trinajstić information content (AvgIpc) is 2.66. The fourth-order valence-corrected chi connectivity index (χ4v) is 2.42. The molecule has 0 heterocycles. The van der Waals surface area contributed by atoms with Gasteiger partial charge >= 0.3 is 11.9 Å². The molecule has 5 nitrogen and oxygen atoms in total. The lowest BCUT2D eigenvalue weighted by Gasteiger charge is -2.04. The Labute approximate surface area is 160 Å². The van der Waals surface area contributed by atoms with E-state index in [1.165, 1.54) is 18.9 Å². The van der Waals surface area contributed by atoms with Gasteiger partial charge in [0.25, 0.3) is 0 Å².